The second-order valence-electron chi connectivity index (χ2n) is 4.93. The van der Waals surface area contributed by atoms with Crippen molar-refractivity contribution in [3.05, 3.63) is 35.4 Å². The van der Waals surface area contributed by atoms with E-state index in [-0.39, 0.29) is 11.9 Å². The molecule has 4 heteroatoms. The van der Waals surface area contributed by atoms with Crippen LogP contribution in [0.2, 0.25) is 0 Å². The van der Waals surface area contributed by atoms with Gasteiger partial charge in [0, 0.05) is 0 Å². The molecule has 1 aliphatic heterocycles. The number of imide groups is 1. The van der Waals surface area contributed by atoms with Crippen LogP contribution in [0.1, 0.15) is 31.4 Å². The van der Waals surface area contributed by atoms with E-state index < -0.39 is 5.54 Å². The van der Waals surface area contributed by atoms with E-state index in [2.05, 4.69) is 5.32 Å². The first-order chi connectivity index (χ1) is 8.48. The average Bonchev–Trinajstić information content (AvgIpc) is 2.56. The molecule has 96 valence electrons. The maximum absolute atomic E-state index is 12.2. The van der Waals surface area contributed by atoms with Gasteiger partial charge in [-0.1, -0.05) is 31.2 Å². The van der Waals surface area contributed by atoms with Crippen molar-refractivity contribution in [1.29, 1.82) is 0 Å². The van der Waals surface area contributed by atoms with E-state index in [1.807, 2.05) is 38.1 Å². The zero-order chi connectivity index (χ0) is 13.3. The van der Waals surface area contributed by atoms with Crippen LogP contribution in [0, 0.1) is 6.92 Å². The third-order valence-electron chi connectivity index (χ3n) is 3.64. The van der Waals surface area contributed by atoms with Gasteiger partial charge in [0.25, 0.3) is 5.91 Å². The number of amides is 3. The Hall–Kier alpha value is -1.84. The summed E-state index contributed by atoms with van der Waals surface area (Å²) in [6.45, 7) is 5.99. The zero-order valence-corrected chi connectivity index (χ0v) is 11.0. The Bertz CT molecular complexity index is 498. The molecule has 0 bridgehead atoms. The fourth-order valence-corrected chi connectivity index (χ4v) is 2.09. The fraction of sp³-hybridized carbons (Fsp3) is 0.429. The van der Waals surface area contributed by atoms with Gasteiger partial charge in [-0.2, -0.15) is 0 Å². The molecule has 0 radical (unpaired) electrons. The number of hydrogen-bond donors (Lipinski definition) is 1. The van der Waals surface area contributed by atoms with Gasteiger partial charge in [0.15, 0.2) is 0 Å². The Balaban J connectivity index is 2.23. The largest absolute Gasteiger partial charge is 0.325 e. The van der Waals surface area contributed by atoms with Gasteiger partial charge in [0.05, 0.1) is 6.54 Å². The molecule has 2 rings (SSSR count). The van der Waals surface area contributed by atoms with Crippen molar-refractivity contribution in [2.75, 3.05) is 0 Å². The van der Waals surface area contributed by atoms with Gasteiger partial charge in [-0.25, -0.2) is 4.79 Å². The topological polar surface area (TPSA) is 49.4 Å². The lowest BCUT2D eigenvalue weighted by atomic mass is 9.99. The monoisotopic (exact) mass is 246 g/mol. The smallest absolute Gasteiger partial charge is 0.323 e. The summed E-state index contributed by atoms with van der Waals surface area (Å²) in [6.07, 6.45) is 0.599. The number of rotatable bonds is 3. The lowest BCUT2D eigenvalue weighted by molar-refractivity contribution is -0.131. The van der Waals surface area contributed by atoms with E-state index >= 15 is 0 Å². The number of carbonyl (C=O) groups is 2. The number of hydrogen-bond acceptors (Lipinski definition) is 2. The maximum Gasteiger partial charge on any atom is 0.325 e. The highest BCUT2D eigenvalue weighted by molar-refractivity contribution is 6.06. The molecule has 1 aliphatic rings. The van der Waals surface area contributed by atoms with Crippen LogP contribution < -0.4 is 5.32 Å². The maximum atomic E-state index is 12.2. The quantitative estimate of drug-likeness (QED) is 0.831. The summed E-state index contributed by atoms with van der Waals surface area (Å²) in [5.74, 6) is -0.141. The molecule has 0 spiro atoms. The molecular formula is C14H18N2O2. The van der Waals surface area contributed by atoms with Crippen molar-refractivity contribution in [3.8, 4) is 0 Å². The average molecular weight is 246 g/mol. The number of nitrogens with zero attached hydrogens (tertiary/aromatic N) is 1. The number of nitrogens with one attached hydrogen (secondary N) is 1. The summed E-state index contributed by atoms with van der Waals surface area (Å²) >= 11 is 0. The van der Waals surface area contributed by atoms with Crippen LogP contribution in [0.15, 0.2) is 24.3 Å². The highest BCUT2D eigenvalue weighted by Crippen LogP contribution is 2.23. The first-order valence-corrected chi connectivity index (χ1v) is 6.16. The minimum atomic E-state index is -0.750. The van der Waals surface area contributed by atoms with Gasteiger partial charge in [-0.05, 0) is 31.4 Å². The number of aryl methyl sites for hydroxylation is 1. The predicted molar refractivity (Wildman–Crippen MR) is 69.0 cm³/mol. The van der Waals surface area contributed by atoms with Crippen LogP contribution >= 0.6 is 0 Å². The highest BCUT2D eigenvalue weighted by atomic mass is 16.2. The molecule has 1 aromatic rings. The van der Waals surface area contributed by atoms with Crippen molar-refractivity contribution < 1.29 is 9.59 Å². The Morgan fingerprint density at radius 1 is 1.28 bits per heavy atom. The first kappa shape index (κ1) is 12.6. The Morgan fingerprint density at radius 2 is 1.94 bits per heavy atom. The highest BCUT2D eigenvalue weighted by Gasteiger charge is 2.46. The number of benzene rings is 1. The minimum Gasteiger partial charge on any atom is -0.323 e. The van der Waals surface area contributed by atoms with E-state index in [0.29, 0.717) is 13.0 Å². The zero-order valence-electron chi connectivity index (χ0n) is 11.0. The minimum absolute atomic E-state index is 0.141. The van der Waals surface area contributed by atoms with Crippen LogP contribution in [0.25, 0.3) is 0 Å². The van der Waals surface area contributed by atoms with Gasteiger partial charge in [0.2, 0.25) is 0 Å². The van der Waals surface area contributed by atoms with Gasteiger partial charge < -0.3 is 5.32 Å². The predicted octanol–water partition coefficient (Wildman–Crippen LogP) is 2.22. The van der Waals surface area contributed by atoms with Crippen LogP contribution in [0.5, 0.6) is 0 Å². The Morgan fingerprint density at radius 3 is 2.50 bits per heavy atom. The molecule has 3 amide bonds. The molecule has 0 aromatic heterocycles. The molecule has 1 saturated heterocycles. The van der Waals surface area contributed by atoms with Crippen molar-refractivity contribution in [1.82, 2.24) is 10.2 Å². The van der Waals surface area contributed by atoms with Gasteiger partial charge >= 0.3 is 6.03 Å². The van der Waals surface area contributed by atoms with E-state index in [0.717, 1.165) is 11.1 Å². The summed E-state index contributed by atoms with van der Waals surface area (Å²) in [5, 5.41) is 2.76. The standard InChI is InChI=1S/C14H18N2O2/c1-4-14(3)12(17)16(13(18)15-14)9-11-8-6-5-7-10(11)2/h5-8H,4,9H2,1-3H3,(H,15,18)/t14-/m1/s1. The summed E-state index contributed by atoms with van der Waals surface area (Å²) in [5.41, 5.74) is 1.34. The molecule has 1 aromatic carbocycles. The van der Waals surface area contributed by atoms with E-state index in [4.69, 9.17) is 0 Å². The Kier molecular flexibility index (Phi) is 3.11. The van der Waals surface area contributed by atoms with Crippen LogP contribution in [0.4, 0.5) is 4.79 Å². The third-order valence-corrected chi connectivity index (χ3v) is 3.64. The van der Waals surface area contributed by atoms with Gasteiger partial charge in [-0.15, -0.1) is 0 Å². The molecule has 0 unspecified atom stereocenters. The summed E-state index contributed by atoms with van der Waals surface area (Å²) in [7, 11) is 0. The molecule has 0 aliphatic carbocycles. The van der Waals surface area contributed by atoms with E-state index in [1.165, 1.54) is 4.90 Å². The van der Waals surface area contributed by atoms with Crippen LogP contribution in [0.3, 0.4) is 0 Å². The van der Waals surface area contributed by atoms with Crippen molar-refractivity contribution in [3.63, 3.8) is 0 Å². The van der Waals surface area contributed by atoms with Crippen molar-refractivity contribution >= 4 is 11.9 Å². The Labute approximate surface area is 107 Å². The fourth-order valence-electron chi connectivity index (χ4n) is 2.09. The lowest BCUT2D eigenvalue weighted by Crippen LogP contribution is -2.43. The summed E-state index contributed by atoms with van der Waals surface area (Å²) in [6, 6.07) is 7.48. The van der Waals surface area contributed by atoms with E-state index in [9.17, 15) is 9.59 Å². The molecule has 1 fully saturated rings. The molecule has 1 heterocycles. The molecular weight excluding hydrogens is 228 g/mol. The van der Waals surface area contributed by atoms with E-state index in [1.54, 1.807) is 6.92 Å². The SMILES string of the molecule is CC[C@@]1(C)NC(=O)N(Cc2ccccc2C)C1=O. The molecule has 1 atom stereocenters. The number of urea groups is 1. The molecule has 4 nitrogen and oxygen atoms in total. The second kappa shape index (κ2) is 4.44. The normalized spacial score (nSPS) is 23.4. The van der Waals surface area contributed by atoms with Crippen molar-refractivity contribution in [2.45, 2.75) is 39.3 Å². The van der Waals surface area contributed by atoms with Crippen LogP contribution in [-0.4, -0.2) is 22.4 Å². The first-order valence-electron chi connectivity index (χ1n) is 6.16. The third kappa shape index (κ3) is 1.98. The summed E-state index contributed by atoms with van der Waals surface area (Å²) < 4.78 is 0. The molecule has 18 heavy (non-hydrogen) atoms. The van der Waals surface area contributed by atoms with Gasteiger partial charge in [-0.3, -0.25) is 9.69 Å². The van der Waals surface area contributed by atoms with Crippen LogP contribution in [-0.2, 0) is 11.3 Å². The molecule has 1 N–H and O–H groups in total. The summed E-state index contributed by atoms with van der Waals surface area (Å²) in [4.78, 5) is 25.4. The molecule has 0 saturated carbocycles. The number of carbonyl (C=O) groups excluding carboxylic acids is 2. The second-order valence-corrected chi connectivity index (χ2v) is 4.93. The van der Waals surface area contributed by atoms with Crippen molar-refractivity contribution in [2.24, 2.45) is 0 Å². The van der Waals surface area contributed by atoms with Gasteiger partial charge in [0.1, 0.15) is 5.54 Å². The lowest BCUT2D eigenvalue weighted by Gasteiger charge is -2.19.